The van der Waals surface area contributed by atoms with Gasteiger partial charge in [0.2, 0.25) is 11.8 Å². The van der Waals surface area contributed by atoms with E-state index < -0.39 is 0 Å². The van der Waals surface area contributed by atoms with E-state index in [1.165, 1.54) is 0 Å². The van der Waals surface area contributed by atoms with E-state index in [-0.39, 0.29) is 24.4 Å². The Balaban J connectivity index is 2.00. The van der Waals surface area contributed by atoms with Crippen LogP contribution in [-0.4, -0.2) is 42.9 Å². The minimum atomic E-state index is -0.213. The minimum Gasteiger partial charge on any atom is -0.397 e. The number of rotatable bonds is 4. The maximum atomic E-state index is 12.2. The largest absolute Gasteiger partial charge is 0.397 e. The number of anilines is 2. The molecule has 1 aliphatic rings. The summed E-state index contributed by atoms with van der Waals surface area (Å²) in [6.45, 7) is 2.86. The second kappa shape index (κ2) is 6.58. The summed E-state index contributed by atoms with van der Waals surface area (Å²) in [6.07, 6.45) is 1.72. The third kappa shape index (κ3) is 3.52. The molecule has 1 aliphatic heterocycles. The molecule has 1 heterocycles. The van der Waals surface area contributed by atoms with Crippen LogP contribution in [-0.2, 0) is 9.59 Å². The van der Waals surface area contributed by atoms with Crippen LogP contribution in [0.3, 0.4) is 0 Å². The Morgan fingerprint density at radius 3 is 2.86 bits per heavy atom. The number of likely N-dealkylation sites (tertiary alicyclic amines) is 1. The highest BCUT2D eigenvalue weighted by molar-refractivity contribution is 5.96. The van der Waals surface area contributed by atoms with Crippen LogP contribution in [0.15, 0.2) is 18.2 Å². The van der Waals surface area contributed by atoms with E-state index in [2.05, 4.69) is 10.6 Å². The second-order valence-electron chi connectivity index (χ2n) is 5.33. The van der Waals surface area contributed by atoms with E-state index in [0.717, 1.165) is 24.9 Å². The lowest BCUT2D eigenvalue weighted by Crippen LogP contribution is -2.45. The molecule has 1 aromatic carbocycles. The van der Waals surface area contributed by atoms with Crippen molar-refractivity contribution in [3.8, 4) is 0 Å². The minimum absolute atomic E-state index is 0.0318. The van der Waals surface area contributed by atoms with Crippen LogP contribution in [0.2, 0.25) is 0 Å². The summed E-state index contributed by atoms with van der Waals surface area (Å²) in [4.78, 5) is 25.9. The van der Waals surface area contributed by atoms with E-state index in [9.17, 15) is 9.59 Å². The maximum Gasteiger partial charge on any atom is 0.238 e. The van der Waals surface area contributed by atoms with E-state index in [1.807, 2.05) is 24.0 Å². The number of likely N-dealkylation sites (N-methyl/N-ethyl adjacent to an activating group) is 1. The van der Waals surface area contributed by atoms with Crippen LogP contribution in [0.5, 0.6) is 0 Å². The Morgan fingerprint density at radius 2 is 2.19 bits per heavy atom. The molecule has 114 valence electrons. The summed E-state index contributed by atoms with van der Waals surface area (Å²) in [6, 6.07) is 5.29. The first-order valence-corrected chi connectivity index (χ1v) is 7.13. The lowest BCUT2D eigenvalue weighted by Gasteiger charge is -2.22. The number of nitrogens with zero attached hydrogens (tertiary/aromatic N) is 1. The van der Waals surface area contributed by atoms with Crippen molar-refractivity contribution in [1.82, 2.24) is 10.2 Å². The van der Waals surface area contributed by atoms with Gasteiger partial charge in [0.05, 0.1) is 24.0 Å². The second-order valence-corrected chi connectivity index (χ2v) is 5.33. The molecule has 0 spiro atoms. The van der Waals surface area contributed by atoms with Crippen molar-refractivity contribution in [3.63, 3.8) is 0 Å². The van der Waals surface area contributed by atoms with Crippen LogP contribution in [0.1, 0.15) is 18.4 Å². The topological polar surface area (TPSA) is 87.5 Å². The zero-order valence-corrected chi connectivity index (χ0v) is 12.5. The molecule has 1 fully saturated rings. The van der Waals surface area contributed by atoms with Gasteiger partial charge in [0.25, 0.3) is 0 Å². The number of nitrogens with two attached hydrogens (primary N) is 1. The molecule has 2 rings (SSSR count). The van der Waals surface area contributed by atoms with E-state index in [1.54, 1.807) is 13.1 Å². The Hall–Kier alpha value is -2.08. The quantitative estimate of drug-likeness (QED) is 0.713. The normalized spacial score (nSPS) is 18.5. The van der Waals surface area contributed by atoms with Crippen LogP contribution in [0, 0.1) is 6.92 Å². The van der Waals surface area contributed by atoms with Gasteiger partial charge in [0, 0.05) is 7.05 Å². The van der Waals surface area contributed by atoms with Crippen molar-refractivity contribution < 1.29 is 9.59 Å². The molecule has 6 nitrogen and oxygen atoms in total. The lowest BCUT2D eigenvalue weighted by molar-refractivity contribution is -0.126. The van der Waals surface area contributed by atoms with E-state index >= 15 is 0 Å². The van der Waals surface area contributed by atoms with Crippen molar-refractivity contribution in [2.75, 3.05) is 31.2 Å². The average molecular weight is 290 g/mol. The van der Waals surface area contributed by atoms with Gasteiger partial charge in [-0.25, -0.2) is 0 Å². The summed E-state index contributed by atoms with van der Waals surface area (Å²) < 4.78 is 0. The third-order valence-corrected chi connectivity index (χ3v) is 3.83. The first kappa shape index (κ1) is 15.3. The Bertz CT molecular complexity index is 524. The number of nitrogen functional groups attached to an aromatic ring is 1. The summed E-state index contributed by atoms with van der Waals surface area (Å²) in [5, 5.41) is 5.49. The molecule has 1 atom stereocenters. The van der Waals surface area contributed by atoms with Crippen molar-refractivity contribution in [1.29, 1.82) is 0 Å². The molecule has 21 heavy (non-hydrogen) atoms. The highest BCUT2D eigenvalue weighted by Crippen LogP contribution is 2.23. The predicted molar refractivity (Wildman–Crippen MR) is 82.9 cm³/mol. The Labute approximate surface area is 124 Å². The van der Waals surface area contributed by atoms with Gasteiger partial charge in [-0.2, -0.15) is 0 Å². The number of benzene rings is 1. The van der Waals surface area contributed by atoms with Crippen LogP contribution in [0.25, 0.3) is 0 Å². The number of amides is 2. The van der Waals surface area contributed by atoms with E-state index in [0.29, 0.717) is 11.4 Å². The first-order chi connectivity index (χ1) is 10.0. The summed E-state index contributed by atoms with van der Waals surface area (Å²) >= 11 is 0. The van der Waals surface area contributed by atoms with Gasteiger partial charge < -0.3 is 16.4 Å². The van der Waals surface area contributed by atoms with Crippen molar-refractivity contribution in [3.05, 3.63) is 23.8 Å². The van der Waals surface area contributed by atoms with Crippen LogP contribution < -0.4 is 16.4 Å². The molecule has 0 radical (unpaired) electrons. The van der Waals surface area contributed by atoms with Gasteiger partial charge in [0.1, 0.15) is 0 Å². The highest BCUT2D eigenvalue weighted by atomic mass is 16.2. The average Bonchev–Trinajstić information content (AvgIpc) is 2.90. The fourth-order valence-electron chi connectivity index (χ4n) is 2.70. The number of para-hydroxylation sites is 1. The molecule has 1 unspecified atom stereocenters. The molecular formula is C15H22N4O2. The SMILES string of the molecule is CNC(=O)C1CCCN1CC(=O)Nc1c(C)cccc1N. The smallest absolute Gasteiger partial charge is 0.238 e. The number of hydrogen-bond donors (Lipinski definition) is 3. The molecule has 1 aromatic rings. The first-order valence-electron chi connectivity index (χ1n) is 7.13. The van der Waals surface area contributed by atoms with Crippen LogP contribution >= 0.6 is 0 Å². The molecule has 0 aromatic heterocycles. The molecule has 0 bridgehead atoms. The monoisotopic (exact) mass is 290 g/mol. The fraction of sp³-hybridized carbons (Fsp3) is 0.467. The predicted octanol–water partition coefficient (Wildman–Crippen LogP) is 0.726. The molecular weight excluding hydrogens is 268 g/mol. The fourth-order valence-corrected chi connectivity index (χ4v) is 2.70. The van der Waals surface area contributed by atoms with Crippen molar-refractivity contribution >= 4 is 23.2 Å². The molecule has 0 aliphatic carbocycles. The van der Waals surface area contributed by atoms with E-state index in [4.69, 9.17) is 5.73 Å². The molecule has 1 saturated heterocycles. The number of nitrogens with one attached hydrogen (secondary N) is 2. The van der Waals surface area contributed by atoms with Gasteiger partial charge in [-0.3, -0.25) is 14.5 Å². The summed E-state index contributed by atoms with van der Waals surface area (Å²) in [5.74, 6) is -0.178. The summed E-state index contributed by atoms with van der Waals surface area (Å²) in [7, 11) is 1.62. The summed E-state index contributed by atoms with van der Waals surface area (Å²) in [5.41, 5.74) is 8.01. The number of aryl methyl sites for hydroxylation is 1. The number of carbonyl (C=O) groups is 2. The third-order valence-electron chi connectivity index (χ3n) is 3.83. The molecule has 2 amide bonds. The molecule has 6 heteroatoms. The lowest BCUT2D eigenvalue weighted by atomic mass is 10.1. The van der Waals surface area contributed by atoms with Crippen molar-refractivity contribution in [2.24, 2.45) is 0 Å². The highest BCUT2D eigenvalue weighted by Gasteiger charge is 2.31. The number of carbonyl (C=O) groups excluding carboxylic acids is 2. The molecule has 0 saturated carbocycles. The van der Waals surface area contributed by atoms with Crippen molar-refractivity contribution in [2.45, 2.75) is 25.8 Å². The Morgan fingerprint density at radius 1 is 1.43 bits per heavy atom. The van der Waals surface area contributed by atoms with Crippen LogP contribution in [0.4, 0.5) is 11.4 Å². The molecule has 4 N–H and O–H groups in total. The number of hydrogen-bond acceptors (Lipinski definition) is 4. The van der Waals surface area contributed by atoms with Gasteiger partial charge in [-0.15, -0.1) is 0 Å². The standard InChI is InChI=1S/C15H22N4O2/c1-10-5-3-6-11(16)14(10)18-13(20)9-19-8-4-7-12(19)15(21)17-2/h3,5-6,12H,4,7-9,16H2,1-2H3,(H,17,21)(H,18,20). The Kier molecular flexibility index (Phi) is 4.80. The van der Waals surface area contributed by atoms with Gasteiger partial charge in [-0.05, 0) is 37.9 Å². The van der Waals surface area contributed by atoms with Gasteiger partial charge in [0.15, 0.2) is 0 Å². The van der Waals surface area contributed by atoms with Gasteiger partial charge in [-0.1, -0.05) is 12.1 Å². The zero-order valence-electron chi connectivity index (χ0n) is 12.5. The zero-order chi connectivity index (χ0) is 15.4. The maximum absolute atomic E-state index is 12.2. The van der Waals surface area contributed by atoms with Gasteiger partial charge >= 0.3 is 0 Å².